The van der Waals surface area contributed by atoms with Crippen molar-refractivity contribution in [1.29, 1.82) is 0 Å². The van der Waals surface area contributed by atoms with Crippen LogP contribution in [0.25, 0.3) is 0 Å². The molecule has 2 aliphatic rings. The zero-order chi connectivity index (χ0) is 11.1. The van der Waals surface area contributed by atoms with Crippen LogP contribution >= 0.6 is 0 Å². The van der Waals surface area contributed by atoms with E-state index in [1.54, 1.807) is 6.92 Å². The van der Waals surface area contributed by atoms with E-state index in [0.717, 1.165) is 18.8 Å². The largest absolute Gasteiger partial charge is 0.493 e. The van der Waals surface area contributed by atoms with Crippen LogP contribution in [0.4, 0.5) is 0 Å². The fraction of sp³-hybridized carbons (Fsp3) is 0.462. The lowest BCUT2D eigenvalue weighted by atomic mass is 9.91. The fourth-order valence-corrected chi connectivity index (χ4v) is 2.72. The first-order valence-corrected chi connectivity index (χ1v) is 5.74. The van der Waals surface area contributed by atoms with Crippen LogP contribution in [0.2, 0.25) is 0 Å². The normalized spacial score (nSPS) is 31.4. The molecule has 1 N–H and O–H groups in total. The Bertz CT molecular complexity index is 430. The van der Waals surface area contributed by atoms with E-state index in [1.807, 2.05) is 18.2 Å². The highest BCUT2D eigenvalue weighted by Crippen LogP contribution is 2.41. The number of carbonyl (C=O) groups is 1. The molecule has 3 atom stereocenters. The Morgan fingerprint density at radius 1 is 1.44 bits per heavy atom. The van der Waals surface area contributed by atoms with Gasteiger partial charge in [-0.25, -0.2) is 0 Å². The van der Waals surface area contributed by atoms with Crippen LogP contribution < -0.4 is 10.1 Å². The minimum Gasteiger partial charge on any atom is -0.493 e. The SMILES string of the molecule is CC(=O)C1CC2COc3ccccc3C2N1. The van der Waals surface area contributed by atoms with Crippen LogP contribution in [0.1, 0.15) is 24.9 Å². The fourth-order valence-electron chi connectivity index (χ4n) is 2.72. The molecule has 16 heavy (non-hydrogen) atoms. The van der Waals surface area contributed by atoms with Crippen LogP contribution in [-0.2, 0) is 4.79 Å². The summed E-state index contributed by atoms with van der Waals surface area (Å²) in [4.78, 5) is 11.4. The van der Waals surface area contributed by atoms with E-state index >= 15 is 0 Å². The van der Waals surface area contributed by atoms with Crippen molar-refractivity contribution in [2.75, 3.05) is 6.61 Å². The molecule has 0 bridgehead atoms. The number of benzene rings is 1. The molecular formula is C13H15NO2. The molecule has 1 saturated heterocycles. The summed E-state index contributed by atoms with van der Waals surface area (Å²) in [5.41, 5.74) is 1.20. The van der Waals surface area contributed by atoms with Gasteiger partial charge in [0.15, 0.2) is 0 Å². The standard InChI is InChI=1S/C13H15NO2/c1-8(15)11-6-9-7-16-12-5-3-2-4-10(12)13(9)14-11/h2-5,9,11,13-14H,6-7H2,1H3. The Kier molecular flexibility index (Phi) is 2.21. The van der Waals surface area contributed by atoms with Gasteiger partial charge in [-0.1, -0.05) is 18.2 Å². The minimum atomic E-state index is 0.00440. The van der Waals surface area contributed by atoms with Gasteiger partial charge in [-0.2, -0.15) is 0 Å². The maximum atomic E-state index is 11.4. The van der Waals surface area contributed by atoms with Crippen LogP contribution in [0, 0.1) is 5.92 Å². The Hall–Kier alpha value is -1.35. The number of hydrogen-bond donors (Lipinski definition) is 1. The Morgan fingerprint density at radius 2 is 2.25 bits per heavy atom. The molecule has 3 heteroatoms. The van der Waals surface area contributed by atoms with Crippen LogP contribution in [0.3, 0.4) is 0 Å². The van der Waals surface area contributed by atoms with Crippen molar-refractivity contribution in [2.24, 2.45) is 5.92 Å². The summed E-state index contributed by atoms with van der Waals surface area (Å²) in [5.74, 6) is 1.62. The molecule has 3 unspecified atom stereocenters. The lowest BCUT2D eigenvalue weighted by Crippen LogP contribution is -2.32. The Morgan fingerprint density at radius 3 is 3.06 bits per heavy atom. The molecule has 0 saturated carbocycles. The van der Waals surface area contributed by atoms with Gasteiger partial charge in [-0.15, -0.1) is 0 Å². The third-order valence-electron chi connectivity index (χ3n) is 3.59. The van der Waals surface area contributed by atoms with E-state index in [4.69, 9.17) is 4.74 Å². The van der Waals surface area contributed by atoms with Crippen LogP contribution in [0.15, 0.2) is 24.3 Å². The molecule has 84 valence electrons. The van der Waals surface area contributed by atoms with Crippen molar-refractivity contribution < 1.29 is 9.53 Å². The first-order valence-electron chi connectivity index (χ1n) is 5.74. The zero-order valence-electron chi connectivity index (χ0n) is 9.27. The molecule has 1 aromatic carbocycles. The van der Waals surface area contributed by atoms with Gasteiger partial charge >= 0.3 is 0 Å². The van der Waals surface area contributed by atoms with E-state index < -0.39 is 0 Å². The van der Waals surface area contributed by atoms with Crippen molar-refractivity contribution in [3.8, 4) is 5.75 Å². The summed E-state index contributed by atoms with van der Waals surface area (Å²) in [6.45, 7) is 2.38. The van der Waals surface area contributed by atoms with Crippen molar-refractivity contribution >= 4 is 5.78 Å². The number of para-hydroxylation sites is 1. The first-order chi connectivity index (χ1) is 7.75. The number of nitrogens with one attached hydrogen (secondary N) is 1. The van der Waals surface area contributed by atoms with Gasteiger partial charge in [0.25, 0.3) is 0 Å². The predicted octanol–water partition coefficient (Wildman–Crippen LogP) is 1.69. The first kappa shape index (κ1) is 9.85. The monoisotopic (exact) mass is 217 g/mol. The highest BCUT2D eigenvalue weighted by Gasteiger charge is 2.40. The minimum absolute atomic E-state index is 0.00440. The van der Waals surface area contributed by atoms with Gasteiger partial charge < -0.3 is 4.74 Å². The molecule has 1 fully saturated rings. The maximum absolute atomic E-state index is 11.4. The smallest absolute Gasteiger partial charge is 0.146 e. The van der Waals surface area contributed by atoms with E-state index in [2.05, 4.69) is 11.4 Å². The summed E-state index contributed by atoms with van der Waals surface area (Å²) in [5, 5.41) is 3.42. The second-order valence-electron chi connectivity index (χ2n) is 4.65. The topological polar surface area (TPSA) is 38.3 Å². The average Bonchev–Trinajstić information content (AvgIpc) is 2.73. The molecule has 0 spiro atoms. The highest BCUT2D eigenvalue weighted by atomic mass is 16.5. The predicted molar refractivity (Wildman–Crippen MR) is 60.4 cm³/mol. The Balaban J connectivity index is 1.93. The molecule has 0 amide bonds. The van der Waals surface area contributed by atoms with Crippen LogP contribution in [0.5, 0.6) is 5.75 Å². The molecule has 2 heterocycles. The molecule has 3 rings (SSSR count). The van der Waals surface area contributed by atoms with Gasteiger partial charge in [0.05, 0.1) is 12.6 Å². The molecular weight excluding hydrogens is 202 g/mol. The number of ketones is 1. The third-order valence-corrected chi connectivity index (χ3v) is 3.59. The van der Waals surface area contributed by atoms with Gasteiger partial charge in [0, 0.05) is 17.5 Å². The second kappa shape index (κ2) is 3.59. The van der Waals surface area contributed by atoms with Gasteiger partial charge in [-0.05, 0) is 19.4 Å². The molecule has 0 aliphatic carbocycles. The molecule has 2 aliphatic heterocycles. The Labute approximate surface area is 94.8 Å². The van der Waals surface area contributed by atoms with Crippen LogP contribution in [-0.4, -0.2) is 18.4 Å². The van der Waals surface area contributed by atoms with Gasteiger partial charge in [0.2, 0.25) is 0 Å². The van der Waals surface area contributed by atoms with E-state index in [-0.39, 0.29) is 11.8 Å². The third kappa shape index (κ3) is 1.43. The van der Waals surface area contributed by atoms with Crippen molar-refractivity contribution in [3.05, 3.63) is 29.8 Å². The summed E-state index contributed by atoms with van der Waals surface area (Å²) < 4.78 is 5.71. The summed E-state index contributed by atoms with van der Waals surface area (Å²) in [6, 6.07) is 8.38. The van der Waals surface area contributed by atoms with Gasteiger partial charge in [0.1, 0.15) is 11.5 Å². The number of ether oxygens (including phenoxy) is 1. The molecule has 3 nitrogen and oxygen atoms in total. The average molecular weight is 217 g/mol. The number of carbonyl (C=O) groups excluding carboxylic acids is 1. The van der Waals surface area contributed by atoms with E-state index in [9.17, 15) is 4.79 Å². The quantitative estimate of drug-likeness (QED) is 0.778. The van der Waals surface area contributed by atoms with Crippen molar-refractivity contribution in [3.63, 3.8) is 0 Å². The van der Waals surface area contributed by atoms with E-state index in [0.29, 0.717) is 12.0 Å². The van der Waals surface area contributed by atoms with Crippen molar-refractivity contribution in [2.45, 2.75) is 25.4 Å². The summed E-state index contributed by atoms with van der Waals surface area (Å²) >= 11 is 0. The zero-order valence-corrected chi connectivity index (χ0v) is 9.27. The maximum Gasteiger partial charge on any atom is 0.146 e. The number of hydrogen-bond acceptors (Lipinski definition) is 3. The molecule has 0 radical (unpaired) electrons. The van der Waals surface area contributed by atoms with Gasteiger partial charge in [-0.3, -0.25) is 10.1 Å². The molecule has 0 aromatic heterocycles. The van der Waals surface area contributed by atoms with Crippen molar-refractivity contribution in [1.82, 2.24) is 5.32 Å². The summed E-state index contributed by atoms with van der Waals surface area (Å²) in [6.07, 6.45) is 0.897. The number of rotatable bonds is 1. The lowest BCUT2D eigenvalue weighted by molar-refractivity contribution is -0.118. The lowest BCUT2D eigenvalue weighted by Gasteiger charge is -2.28. The second-order valence-corrected chi connectivity index (χ2v) is 4.65. The number of Topliss-reactive ketones (excluding diaryl/α,β-unsaturated/α-hetero) is 1. The molecule has 1 aromatic rings. The summed E-state index contributed by atoms with van der Waals surface area (Å²) in [7, 11) is 0. The number of fused-ring (bicyclic) bond motifs is 3. The van der Waals surface area contributed by atoms with E-state index in [1.165, 1.54) is 5.56 Å². The highest BCUT2D eigenvalue weighted by molar-refractivity contribution is 5.82.